The van der Waals surface area contributed by atoms with E-state index in [1.54, 1.807) is 0 Å². The molecular formula is C20H21ClF4N4O4. The van der Waals surface area contributed by atoms with Crippen LogP contribution in [0.1, 0.15) is 24.3 Å². The van der Waals surface area contributed by atoms with E-state index in [2.05, 4.69) is 22.1 Å². The number of aromatic nitrogens is 2. The van der Waals surface area contributed by atoms with Gasteiger partial charge in [-0.05, 0) is 18.6 Å². The Labute approximate surface area is 191 Å². The van der Waals surface area contributed by atoms with Gasteiger partial charge in [0.1, 0.15) is 17.7 Å². The lowest BCUT2D eigenvalue weighted by molar-refractivity contribution is -0.161. The lowest BCUT2D eigenvalue weighted by Crippen LogP contribution is -2.43. The molecule has 0 bridgehead atoms. The number of rotatable bonds is 9. The smallest absolute Gasteiger partial charge is 0.401 e. The fraction of sp³-hybridized carbons (Fsp3) is 0.450. The van der Waals surface area contributed by atoms with Gasteiger partial charge in [0.25, 0.3) is 5.91 Å². The second kappa shape index (κ2) is 10.9. The van der Waals surface area contributed by atoms with Crippen molar-refractivity contribution < 1.29 is 36.2 Å². The zero-order chi connectivity index (χ0) is 24.0. The normalized spacial score (nSPS) is 17.1. The molecule has 33 heavy (non-hydrogen) atoms. The minimum atomic E-state index is -4.31. The second-order valence-corrected chi connectivity index (χ2v) is 7.63. The third-order valence-electron chi connectivity index (χ3n) is 4.58. The standard InChI is InChI=1S/C20H21ClF4N4O4/c1-12(4-5-26-17(30)10-32-13-2-3-14(21)15(22)8-13)18-27-28-19(33-18)16-9-29(6-7-31-16)11-20(23,24)25/h2-3,8,16H,1,4-7,9-11H2,(H,26,30). The Bertz CT molecular complexity index is 985. The van der Waals surface area contributed by atoms with Crippen LogP contribution in [0.15, 0.2) is 29.2 Å². The number of morpholine rings is 1. The van der Waals surface area contributed by atoms with E-state index in [0.29, 0.717) is 5.57 Å². The van der Waals surface area contributed by atoms with Gasteiger partial charge in [0, 0.05) is 31.3 Å². The van der Waals surface area contributed by atoms with Crippen LogP contribution < -0.4 is 10.1 Å². The van der Waals surface area contributed by atoms with Crippen LogP contribution in [0.5, 0.6) is 5.75 Å². The van der Waals surface area contributed by atoms with E-state index in [9.17, 15) is 22.4 Å². The van der Waals surface area contributed by atoms with E-state index in [0.717, 1.165) is 6.07 Å². The van der Waals surface area contributed by atoms with Gasteiger partial charge in [0.2, 0.25) is 11.8 Å². The first kappa shape index (κ1) is 24.9. The van der Waals surface area contributed by atoms with E-state index in [4.69, 9.17) is 25.5 Å². The highest BCUT2D eigenvalue weighted by Gasteiger charge is 2.35. The third-order valence-corrected chi connectivity index (χ3v) is 4.89. The summed E-state index contributed by atoms with van der Waals surface area (Å²) in [4.78, 5) is 13.1. The van der Waals surface area contributed by atoms with Gasteiger partial charge in [0.05, 0.1) is 18.2 Å². The van der Waals surface area contributed by atoms with Crippen LogP contribution in [-0.2, 0) is 9.53 Å². The van der Waals surface area contributed by atoms with E-state index < -0.39 is 30.5 Å². The maximum Gasteiger partial charge on any atom is 0.401 e. The molecule has 1 aliphatic heterocycles. The Morgan fingerprint density at radius 1 is 1.36 bits per heavy atom. The molecule has 180 valence electrons. The number of nitrogens with zero attached hydrogens (tertiary/aromatic N) is 3. The molecule has 1 fully saturated rings. The van der Waals surface area contributed by atoms with Gasteiger partial charge in [-0.25, -0.2) is 4.39 Å². The summed E-state index contributed by atoms with van der Waals surface area (Å²) in [5.74, 6) is -0.774. The van der Waals surface area contributed by atoms with Crippen molar-refractivity contribution in [2.75, 3.05) is 39.4 Å². The van der Waals surface area contributed by atoms with Crippen molar-refractivity contribution in [2.45, 2.75) is 18.7 Å². The molecule has 1 N–H and O–H groups in total. The monoisotopic (exact) mass is 492 g/mol. The molecule has 2 aromatic rings. The Hall–Kier alpha value is -2.70. The average Bonchev–Trinajstić information content (AvgIpc) is 3.24. The second-order valence-electron chi connectivity index (χ2n) is 7.22. The molecule has 1 aliphatic rings. The maximum absolute atomic E-state index is 13.4. The van der Waals surface area contributed by atoms with Crippen molar-refractivity contribution >= 4 is 23.1 Å². The first-order valence-electron chi connectivity index (χ1n) is 9.87. The molecule has 1 aromatic carbocycles. The van der Waals surface area contributed by atoms with Crippen LogP contribution in [0.2, 0.25) is 5.02 Å². The number of alkyl halides is 3. The minimum Gasteiger partial charge on any atom is -0.484 e. The molecule has 13 heteroatoms. The summed E-state index contributed by atoms with van der Waals surface area (Å²) in [6, 6.07) is 3.83. The van der Waals surface area contributed by atoms with Gasteiger partial charge in [-0.2, -0.15) is 13.2 Å². The van der Waals surface area contributed by atoms with Crippen molar-refractivity contribution in [3.8, 4) is 5.75 Å². The molecule has 0 saturated carbocycles. The van der Waals surface area contributed by atoms with Crippen molar-refractivity contribution in [3.63, 3.8) is 0 Å². The first-order valence-corrected chi connectivity index (χ1v) is 10.3. The number of hydrogen-bond donors (Lipinski definition) is 1. The van der Waals surface area contributed by atoms with Crippen LogP contribution in [0.25, 0.3) is 5.57 Å². The zero-order valence-corrected chi connectivity index (χ0v) is 18.1. The Balaban J connectivity index is 1.42. The molecule has 0 aliphatic carbocycles. The van der Waals surface area contributed by atoms with Gasteiger partial charge >= 0.3 is 6.18 Å². The summed E-state index contributed by atoms with van der Waals surface area (Å²) in [5.41, 5.74) is 0.428. The SMILES string of the molecule is C=C(CCNC(=O)COc1ccc(Cl)c(F)c1)c1nnc(C2CN(CC(F)(F)F)CCO2)o1. The quantitative estimate of drug-likeness (QED) is 0.537. The summed E-state index contributed by atoms with van der Waals surface area (Å²) in [6.07, 6.45) is -4.81. The van der Waals surface area contributed by atoms with Gasteiger partial charge < -0.3 is 19.2 Å². The zero-order valence-electron chi connectivity index (χ0n) is 17.3. The van der Waals surface area contributed by atoms with E-state index in [1.165, 1.54) is 17.0 Å². The Morgan fingerprint density at radius 3 is 2.88 bits per heavy atom. The minimum absolute atomic E-state index is 0.0266. The number of hydrogen-bond acceptors (Lipinski definition) is 7. The van der Waals surface area contributed by atoms with Crippen LogP contribution in [0, 0.1) is 5.82 Å². The molecule has 0 radical (unpaired) electrons. The average molecular weight is 493 g/mol. The predicted octanol–water partition coefficient (Wildman–Crippen LogP) is 3.40. The van der Waals surface area contributed by atoms with E-state index in [1.807, 2.05) is 0 Å². The van der Waals surface area contributed by atoms with Crippen LogP contribution in [0.4, 0.5) is 17.6 Å². The summed E-state index contributed by atoms with van der Waals surface area (Å²) in [6.45, 7) is 2.87. The highest BCUT2D eigenvalue weighted by atomic mass is 35.5. The number of amides is 1. The van der Waals surface area contributed by atoms with Crippen molar-refractivity contribution in [2.24, 2.45) is 0 Å². The Kier molecular flexibility index (Phi) is 8.27. The highest BCUT2D eigenvalue weighted by molar-refractivity contribution is 6.30. The molecule has 2 heterocycles. The Morgan fingerprint density at radius 2 is 2.15 bits per heavy atom. The molecule has 1 unspecified atom stereocenters. The van der Waals surface area contributed by atoms with Crippen LogP contribution in [0.3, 0.4) is 0 Å². The topological polar surface area (TPSA) is 89.7 Å². The number of carbonyl (C=O) groups is 1. The van der Waals surface area contributed by atoms with Crippen LogP contribution >= 0.6 is 11.6 Å². The molecule has 1 aromatic heterocycles. The lowest BCUT2D eigenvalue weighted by atomic mass is 10.2. The third kappa shape index (κ3) is 7.69. The van der Waals surface area contributed by atoms with Crippen molar-refractivity contribution in [3.05, 3.63) is 47.4 Å². The first-order chi connectivity index (χ1) is 15.6. The molecule has 3 rings (SSSR count). The molecule has 1 amide bonds. The molecule has 1 saturated heterocycles. The molecule has 1 atom stereocenters. The number of nitrogens with one attached hydrogen (secondary N) is 1. The van der Waals surface area contributed by atoms with Crippen molar-refractivity contribution in [1.29, 1.82) is 0 Å². The number of halogens is 5. The number of benzene rings is 1. The number of carbonyl (C=O) groups excluding carboxylic acids is 1. The van der Waals surface area contributed by atoms with E-state index >= 15 is 0 Å². The van der Waals surface area contributed by atoms with Gasteiger partial charge in [-0.1, -0.05) is 18.2 Å². The van der Waals surface area contributed by atoms with Gasteiger partial charge in [-0.15, -0.1) is 10.2 Å². The van der Waals surface area contributed by atoms with Gasteiger partial charge in [-0.3, -0.25) is 9.69 Å². The van der Waals surface area contributed by atoms with Crippen LogP contribution in [-0.4, -0.2) is 66.6 Å². The maximum atomic E-state index is 13.4. The van der Waals surface area contributed by atoms with E-state index in [-0.39, 0.29) is 61.8 Å². The molecule has 8 nitrogen and oxygen atoms in total. The largest absolute Gasteiger partial charge is 0.484 e. The summed E-state index contributed by atoms with van der Waals surface area (Å²) in [5, 5.41) is 10.3. The predicted molar refractivity (Wildman–Crippen MR) is 109 cm³/mol. The van der Waals surface area contributed by atoms with Gasteiger partial charge in [0.15, 0.2) is 6.61 Å². The molecule has 0 spiro atoms. The highest BCUT2D eigenvalue weighted by Crippen LogP contribution is 2.26. The molecular weight excluding hydrogens is 472 g/mol. The number of ether oxygens (including phenoxy) is 2. The summed E-state index contributed by atoms with van der Waals surface area (Å²) >= 11 is 5.58. The van der Waals surface area contributed by atoms with Crippen molar-refractivity contribution in [1.82, 2.24) is 20.4 Å². The summed E-state index contributed by atoms with van der Waals surface area (Å²) < 4.78 is 67.4. The fourth-order valence-electron chi connectivity index (χ4n) is 2.98. The fourth-order valence-corrected chi connectivity index (χ4v) is 3.10. The lowest BCUT2D eigenvalue weighted by Gasteiger charge is -2.31. The summed E-state index contributed by atoms with van der Waals surface area (Å²) in [7, 11) is 0.